The maximum atomic E-state index is 12.2. The number of aryl methyl sites for hydroxylation is 1. The van der Waals surface area contributed by atoms with Gasteiger partial charge < -0.3 is 25.4 Å². The molecule has 8 nitrogen and oxygen atoms in total. The second kappa shape index (κ2) is 10.1. The number of hydrogen-bond donors (Lipinski definition) is 3. The first-order valence-electron chi connectivity index (χ1n) is 9.63. The molecule has 0 fully saturated rings. The lowest BCUT2D eigenvalue weighted by molar-refractivity contribution is 0.262. The number of methoxy groups -OCH3 is 1. The molecule has 3 rings (SSSR count). The zero-order valence-corrected chi connectivity index (χ0v) is 17.2. The van der Waals surface area contributed by atoms with Crippen LogP contribution in [0.15, 0.2) is 54.6 Å². The fourth-order valence-corrected chi connectivity index (χ4v) is 2.66. The maximum absolute atomic E-state index is 12.2. The van der Waals surface area contributed by atoms with Crippen LogP contribution in [-0.2, 0) is 0 Å². The predicted molar refractivity (Wildman–Crippen MR) is 118 cm³/mol. The Morgan fingerprint density at radius 3 is 2.43 bits per heavy atom. The summed E-state index contributed by atoms with van der Waals surface area (Å²) < 4.78 is 10.7. The van der Waals surface area contributed by atoms with Crippen LogP contribution in [0.3, 0.4) is 0 Å². The van der Waals surface area contributed by atoms with E-state index < -0.39 is 0 Å². The number of nitrogens with zero attached hydrogens (tertiary/aromatic N) is 2. The van der Waals surface area contributed by atoms with Crippen LogP contribution in [-0.4, -0.2) is 29.7 Å². The number of ether oxygens (including phenoxy) is 2. The molecule has 2 aromatic carbocycles. The van der Waals surface area contributed by atoms with Gasteiger partial charge in [0.1, 0.15) is 17.4 Å². The van der Waals surface area contributed by atoms with Gasteiger partial charge in [0, 0.05) is 29.2 Å². The average Bonchev–Trinajstić information content (AvgIpc) is 2.73. The monoisotopic (exact) mass is 407 g/mol. The summed E-state index contributed by atoms with van der Waals surface area (Å²) in [6.07, 6.45) is 0.908. The second-order valence-electron chi connectivity index (χ2n) is 6.50. The number of urea groups is 1. The second-order valence-corrected chi connectivity index (χ2v) is 6.50. The number of benzene rings is 2. The van der Waals surface area contributed by atoms with Crippen molar-refractivity contribution in [3.05, 3.63) is 60.4 Å². The van der Waals surface area contributed by atoms with Crippen LogP contribution in [0.2, 0.25) is 0 Å². The third-order valence-electron chi connectivity index (χ3n) is 4.01. The minimum absolute atomic E-state index is 0.340. The summed E-state index contributed by atoms with van der Waals surface area (Å²) in [5.41, 5.74) is 2.13. The quantitative estimate of drug-likeness (QED) is 0.488. The smallest absolute Gasteiger partial charge is 0.323 e. The van der Waals surface area contributed by atoms with E-state index in [1.165, 1.54) is 0 Å². The van der Waals surface area contributed by atoms with E-state index >= 15 is 0 Å². The van der Waals surface area contributed by atoms with E-state index in [4.69, 9.17) is 9.47 Å². The molecule has 0 unspecified atom stereocenters. The molecule has 30 heavy (non-hydrogen) atoms. The van der Waals surface area contributed by atoms with Gasteiger partial charge in [0.25, 0.3) is 0 Å². The fraction of sp³-hybridized carbons (Fsp3) is 0.227. The van der Waals surface area contributed by atoms with Crippen LogP contribution in [0.5, 0.6) is 11.6 Å². The summed E-state index contributed by atoms with van der Waals surface area (Å²) in [5, 5.41) is 8.79. The van der Waals surface area contributed by atoms with Crippen molar-refractivity contribution in [2.45, 2.75) is 20.3 Å². The number of nitrogens with one attached hydrogen (secondary N) is 3. The van der Waals surface area contributed by atoms with Crippen LogP contribution >= 0.6 is 0 Å². The average molecular weight is 407 g/mol. The number of carbonyl (C=O) groups excluding carboxylic acids is 1. The molecule has 2 amide bonds. The van der Waals surface area contributed by atoms with Crippen LogP contribution < -0.4 is 25.4 Å². The molecule has 0 saturated heterocycles. The predicted octanol–water partition coefficient (Wildman–Crippen LogP) is 4.97. The highest BCUT2D eigenvalue weighted by Crippen LogP contribution is 2.21. The van der Waals surface area contributed by atoms with Gasteiger partial charge in [0.05, 0.1) is 13.7 Å². The van der Waals surface area contributed by atoms with Gasteiger partial charge in [0.2, 0.25) is 5.88 Å². The highest BCUT2D eigenvalue weighted by atomic mass is 16.5. The van der Waals surface area contributed by atoms with Crippen LogP contribution in [0.1, 0.15) is 19.2 Å². The molecule has 0 aliphatic carbocycles. The van der Waals surface area contributed by atoms with E-state index in [0.717, 1.165) is 12.1 Å². The van der Waals surface area contributed by atoms with E-state index in [0.29, 0.717) is 41.3 Å². The molecule has 0 radical (unpaired) electrons. The summed E-state index contributed by atoms with van der Waals surface area (Å²) in [6.45, 7) is 4.46. The summed E-state index contributed by atoms with van der Waals surface area (Å²) in [4.78, 5) is 20.9. The van der Waals surface area contributed by atoms with Gasteiger partial charge in [-0.15, -0.1) is 0 Å². The first kappa shape index (κ1) is 20.9. The number of carbonyl (C=O) groups is 1. The SMILES string of the molecule is CCCOc1cc(Nc2ccc(NC(=O)Nc3cccc(OC)c3)cc2)nc(C)n1. The molecular formula is C22H25N5O3. The first-order chi connectivity index (χ1) is 14.6. The van der Waals surface area contributed by atoms with Gasteiger partial charge in [-0.05, 0) is 49.7 Å². The molecule has 1 aromatic heterocycles. The lowest BCUT2D eigenvalue weighted by Gasteiger charge is -2.11. The molecule has 0 bridgehead atoms. The Hall–Kier alpha value is -3.81. The Morgan fingerprint density at radius 1 is 0.967 bits per heavy atom. The van der Waals surface area contributed by atoms with E-state index in [1.54, 1.807) is 37.4 Å². The van der Waals surface area contributed by atoms with E-state index in [2.05, 4.69) is 25.9 Å². The highest BCUT2D eigenvalue weighted by molar-refractivity contribution is 5.99. The van der Waals surface area contributed by atoms with Crippen molar-refractivity contribution >= 4 is 28.9 Å². The zero-order valence-electron chi connectivity index (χ0n) is 17.2. The number of hydrogen-bond acceptors (Lipinski definition) is 6. The van der Waals surface area contributed by atoms with Crippen molar-refractivity contribution in [1.29, 1.82) is 0 Å². The van der Waals surface area contributed by atoms with Crippen LogP contribution in [0.4, 0.5) is 27.7 Å². The summed E-state index contributed by atoms with van der Waals surface area (Å²) in [6, 6.07) is 15.9. The van der Waals surface area contributed by atoms with Crippen LogP contribution in [0, 0.1) is 6.92 Å². The topological polar surface area (TPSA) is 97.4 Å². The van der Waals surface area contributed by atoms with Gasteiger partial charge in [0.15, 0.2) is 0 Å². The van der Waals surface area contributed by atoms with Gasteiger partial charge in [-0.25, -0.2) is 9.78 Å². The first-order valence-corrected chi connectivity index (χ1v) is 9.63. The molecule has 0 saturated carbocycles. The molecule has 1 heterocycles. The zero-order chi connectivity index (χ0) is 21.3. The molecule has 156 valence electrons. The number of anilines is 4. The Morgan fingerprint density at radius 2 is 1.70 bits per heavy atom. The van der Waals surface area contributed by atoms with Crippen molar-refractivity contribution in [2.75, 3.05) is 29.7 Å². The maximum Gasteiger partial charge on any atom is 0.323 e. The molecule has 0 spiro atoms. The van der Waals surface area contributed by atoms with Crippen LogP contribution in [0.25, 0.3) is 0 Å². The minimum Gasteiger partial charge on any atom is -0.497 e. The van der Waals surface area contributed by atoms with Gasteiger partial charge in [-0.2, -0.15) is 4.98 Å². The molecule has 0 atom stereocenters. The highest BCUT2D eigenvalue weighted by Gasteiger charge is 2.06. The molecule has 3 N–H and O–H groups in total. The normalized spacial score (nSPS) is 10.2. The van der Waals surface area contributed by atoms with Gasteiger partial charge in [-0.3, -0.25) is 0 Å². The lowest BCUT2D eigenvalue weighted by atomic mass is 10.2. The van der Waals surface area contributed by atoms with Crippen molar-refractivity contribution in [3.63, 3.8) is 0 Å². The molecular weight excluding hydrogens is 382 g/mol. The molecule has 0 aliphatic rings. The van der Waals surface area contributed by atoms with E-state index in [-0.39, 0.29) is 6.03 Å². The standard InChI is InChI=1S/C22H25N5O3/c1-4-12-30-21-14-20(23-15(2)24-21)25-16-8-10-17(11-9-16)26-22(28)27-18-6-5-7-19(13-18)29-3/h5-11,13-14H,4,12H2,1-3H3,(H,23,24,25)(H2,26,27,28). The Labute approximate surface area is 175 Å². The van der Waals surface area contributed by atoms with E-state index in [1.807, 2.05) is 38.1 Å². The van der Waals surface area contributed by atoms with Crippen molar-refractivity contribution in [3.8, 4) is 11.6 Å². The molecule has 0 aliphatic heterocycles. The summed E-state index contributed by atoms with van der Waals surface area (Å²) >= 11 is 0. The number of rotatable bonds is 8. The molecule has 8 heteroatoms. The lowest BCUT2D eigenvalue weighted by Crippen LogP contribution is -2.19. The fourth-order valence-electron chi connectivity index (χ4n) is 2.66. The Kier molecular flexibility index (Phi) is 7.05. The summed E-state index contributed by atoms with van der Waals surface area (Å²) in [7, 11) is 1.58. The largest absolute Gasteiger partial charge is 0.497 e. The van der Waals surface area contributed by atoms with Crippen molar-refractivity contribution in [2.24, 2.45) is 0 Å². The Balaban J connectivity index is 1.59. The van der Waals surface area contributed by atoms with Gasteiger partial charge in [-0.1, -0.05) is 13.0 Å². The minimum atomic E-state index is -0.340. The Bertz CT molecular complexity index is 992. The van der Waals surface area contributed by atoms with Crippen molar-refractivity contribution < 1.29 is 14.3 Å². The third kappa shape index (κ3) is 6.10. The summed E-state index contributed by atoms with van der Waals surface area (Å²) in [5.74, 6) is 2.48. The number of aromatic nitrogens is 2. The van der Waals surface area contributed by atoms with Gasteiger partial charge >= 0.3 is 6.03 Å². The van der Waals surface area contributed by atoms with E-state index in [9.17, 15) is 4.79 Å². The number of amides is 2. The molecule has 3 aromatic rings. The third-order valence-corrected chi connectivity index (χ3v) is 4.01. The van der Waals surface area contributed by atoms with Crippen molar-refractivity contribution in [1.82, 2.24) is 9.97 Å².